The van der Waals surface area contributed by atoms with E-state index in [4.69, 9.17) is 9.72 Å². The topological polar surface area (TPSA) is 49.9 Å². The van der Waals surface area contributed by atoms with Crippen LogP contribution in [0.1, 0.15) is 37.6 Å². The van der Waals surface area contributed by atoms with Crippen LogP contribution in [0.2, 0.25) is 0 Å². The maximum atomic E-state index is 6.55. The Balaban J connectivity index is 1.94. The lowest BCUT2D eigenvalue weighted by molar-refractivity contribution is -0.160. The molecule has 0 spiro atoms. The number of aromatic amines is 1. The fourth-order valence-electron chi connectivity index (χ4n) is 4.77. The van der Waals surface area contributed by atoms with Crippen molar-refractivity contribution in [3.05, 3.63) is 29.6 Å². The van der Waals surface area contributed by atoms with Crippen LogP contribution in [-0.4, -0.2) is 29.7 Å². The summed E-state index contributed by atoms with van der Waals surface area (Å²) in [4.78, 5) is 8.17. The predicted molar refractivity (Wildman–Crippen MR) is 87.8 cm³/mol. The molecule has 0 radical (unpaired) electrons. The molecule has 2 N–H and O–H groups in total. The molecule has 2 aromatic rings. The molecule has 2 unspecified atom stereocenters. The Hall–Kier alpha value is -1.39. The Labute approximate surface area is 131 Å². The van der Waals surface area contributed by atoms with Crippen LogP contribution in [0.15, 0.2) is 18.2 Å². The molecule has 1 aromatic carbocycles. The fourth-order valence-corrected chi connectivity index (χ4v) is 4.77. The van der Waals surface area contributed by atoms with E-state index in [1.165, 1.54) is 24.8 Å². The van der Waals surface area contributed by atoms with Crippen molar-refractivity contribution in [3.63, 3.8) is 0 Å². The van der Waals surface area contributed by atoms with E-state index in [1.807, 2.05) is 6.92 Å². The number of ether oxygens (including phenoxy) is 1. The third kappa shape index (κ3) is 1.94. The third-order valence-electron chi connectivity index (χ3n) is 5.53. The standard InChI is InChI=1S/C18H25N3O/c1-3-22-18(13-6-4-7-14(18)11-19-10-13)15-8-5-9-16-17(15)21-12(2)20-16/h5,8-9,13-14,19H,3-4,6-7,10-11H2,1-2H3,(H,20,21). The van der Waals surface area contributed by atoms with Gasteiger partial charge in [0.25, 0.3) is 0 Å². The van der Waals surface area contributed by atoms with Gasteiger partial charge in [-0.25, -0.2) is 4.98 Å². The van der Waals surface area contributed by atoms with Gasteiger partial charge in [-0.3, -0.25) is 0 Å². The molecule has 1 aliphatic carbocycles. The number of fused-ring (bicyclic) bond motifs is 3. The highest BCUT2D eigenvalue weighted by atomic mass is 16.5. The second-order valence-corrected chi connectivity index (χ2v) is 6.73. The van der Waals surface area contributed by atoms with Crippen LogP contribution in [-0.2, 0) is 10.3 Å². The van der Waals surface area contributed by atoms with E-state index < -0.39 is 0 Å². The zero-order valence-electron chi connectivity index (χ0n) is 13.5. The van der Waals surface area contributed by atoms with Crippen LogP contribution in [0.25, 0.3) is 11.0 Å². The molecule has 1 aromatic heterocycles. The Morgan fingerprint density at radius 2 is 2.05 bits per heavy atom. The second-order valence-electron chi connectivity index (χ2n) is 6.73. The van der Waals surface area contributed by atoms with Crippen LogP contribution in [0.3, 0.4) is 0 Å². The first-order chi connectivity index (χ1) is 10.8. The molecule has 2 fully saturated rings. The van der Waals surface area contributed by atoms with Gasteiger partial charge < -0.3 is 15.0 Å². The highest BCUT2D eigenvalue weighted by molar-refractivity contribution is 5.80. The number of para-hydroxylation sites is 1. The summed E-state index contributed by atoms with van der Waals surface area (Å²) in [5.41, 5.74) is 3.37. The van der Waals surface area contributed by atoms with Gasteiger partial charge in [0, 0.05) is 37.1 Å². The van der Waals surface area contributed by atoms with E-state index in [0.29, 0.717) is 11.8 Å². The lowest BCUT2D eigenvalue weighted by Gasteiger charge is -2.53. The summed E-state index contributed by atoms with van der Waals surface area (Å²) in [5, 5.41) is 3.61. The Bertz CT molecular complexity index is 656. The molecule has 4 rings (SSSR count). The molecule has 4 nitrogen and oxygen atoms in total. The molecule has 1 saturated carbocycles. The smallest absolute Gasteiger partial charge is 0.104 e. The van der Waals surface area contributed by atoms with Gasteiger partial charge in [0.1, 0.15) is 11.4 Å². The summed E-state index contributed by atoms with van der Waals surface area (Å²) in [7, 11) is 0. The first kappa shape index (κ1) is 14.2. The molecule has 1 saturated heterocycles. The summed E-state index contributed by atoms with van der Waals surface area (Å²) < 4.78 is 6.55. The maximum absolute atomic E-state index is 6.55. The second kappa shape index (κ2) is 5.36. The van der Waals surface area contributed by atoms with Gasteiger partial charge in [-0.15, -0.1) is 0 Å². The fraction of sp³-hybridized carbons (Fsp3) is 0.611. The molecule has 2 aliphatic rings. The van der Waals surface area contributed by atoms with E-state index in [2.05, 4.69) is 35.4 Å². The summed E-state index contributed by atoms with van der Waals surface area (Å²) >= 11 is 0. The molecule has 118 valence electrons. The van der Waals surface area contributed by atoms with Crippen LogP contribution in [0, 0.1) is 18.8 Å². The summed E-state index contributed by atoms with van der Waals surface area (Å²) in [6.07, 6.45) is 3.80. The molecule has 4 heteroatoms. The Morgan fingerprint density at radius 3 is 2.77 bits per heavy atom. The first-order valence-corrected chi connectivity index (χ1v) is 8.56. The number of H-pyrrole nitrogens is 1. The van der Waals surface area contributed by atoms with Crippen LogP contribution in [0.4, 0.5) is 0 Å². The van der Waals surface area contributed by atoms with Crippen molar-refractivity contribution < 1.29 is 4.74 Å². The molecule has 22 heavy (non-hydrogen) atoms. The number of nitrogens with zero attached hydrogens (tertiary/aromatic N) is 1. The van der Waals surface area contributed by atoms with Crippen LogP contribution < -0.4 is 5.32 Å². The molecule has 2 heterocycles. The maximum Gasteiger partial charge on any atom is 0.104 e. The first-order valence-electron chi connectivity index (χ1n) is 8.56. The minimum atomic E-state index is -0.167. The molecule has 2 bridgehead atoms. The lowest BCUT2D eigenvalue weighted by Crippen LogP contribution is -2.58. The van der Waals surface area contributed by atoms with Gasteiger partial charge in [0.2, 0.25) is 0 Å². The largest absolute Gasteiger partial charge is 0.370 e. The SMILES string of the molecule is CCOC1(c2cccc3[nH]c(C)nc23)C2CCCC1CNC2. The monoisotopic (exact) mass is 299 g/mol. The Morgan fingerprint density at radius 1 is 1.27 bits per heavy atom. The van der Waals surface area contributed by atoms with E-state index in [9.17, 15) is 0 Å². The van der Waals surface area contributed by atoms with Crippen molar-refractivity contribution in [2.45, 2.75) is 38.7 Å². The average Bonchev–Trinajstić information content (AvgIpc) is 2.87. The minimum absolute atomic E-state index is 0.167. The van der Waals surface area contributed by atoms with Gasteiger partial charge in [-0.05, 0) is 32.8 Å². The number of nitrogens with one attached hydrogen (secondary N) is 2. The number of piperidine rings is 1. The van der Waals surface area contributed by atoms with Crippen molar-refractivity contribution in [2.75, 3.05) is 19.7 Å². The number of hydrogen-bond donors (Lipinski definition) is 2. The highest BCUT2D eigenvalue weighted by Gasteiger charge is 2.52. The van der Waals surface area contributed by atoms with Crippen molar-refractivity contribution in [1.82, 2.24) is 15.3 Å². The third-order valence-corrected chi connectivity index (χ3v) is 5.53. The molecular formula is C18H25N3O. The van der Waals surface area contributed by atoms with Crippen LogP contribution >= 0.6 is 0 Å². The average molecular weight is 299 g/mol. The Kier molecular flexibility index (Phi) is 3.46. The summed E-state index contributed by atoms with van der Waals surface area (Å²) in [5.74, 6) is 2.07. The number of aromatic nitrogens is 2. The van der Waals surface area contributed by atoms with Crippen LogP contribution in [0.5, 0.6) is 0 Å². The molecule has 1 aliphatic heterocycles. The van der Waals surface area contributed by atoms with Crippen molar-refractivity contribution in [3.8, 4) is 0 Å². The number of aryl methyl sites for hydroxylation is 1. The predicted octanol–water partition coefficient (Wildman–Crippen LogP) is 3.12. The van der Waals surface area contributed by atoms with Crippen molar-refractivity contribution in [2.24, 2.45) is 11.8 Å². The van der Waals surface area contributed by atoms with Gasteiger partial charge in [-0.2, -0.15) is 0 Å². The summed E-state index contributed by atoms with van der Waals surface area (Å²) in [6.45, 7) is 7.01. The number of benzene rings is 1. The van der Waals surface area contributed by atoms with Gasteiger partial charge in [-0.1, -0.05) is 18.6 Å². The normalized spacial score (nSPS) is 31.5. The highest BCUT2D eigenvalue weighted by Crippen LogP contribution is 2.51. The van der Waals surface area contributed by atoms with E-state index in [0.717, 1.165) is 36.6 Å². The number of imidazole rings is 1. The molecule has 2 atom stereocenters. The number of rotatable bonds is 3. The van der Waals surface area contributed by atoms with Gasteiger partial charge in [0.15, 0.2) is 0 Å². The minimum Gasteiger partial charge on any atom is -0.370 e. The van der Waals surface area contributed by atoms with E-state index >= 15 is 0 Å². The number of hydrogen-bond acceptors (Lipinski definition) is 3. The van der Waals surface area contributed by atoms with E-state index in [1.54, 1.807) is 0 Å². The van der Waals surface area contributed by atoms with Gasteiger partial charge in [0.05, 0.1) is 11.0 Å². The van der Waals surface area contributed by atoms with Crippen molar-refractivity contribution in [1.29, 1.82) is 0 Å². The zero-order chi connectivity index (χ0) is 15.2. The molecule has 0 amide bonds. The van der Waals surface area contributed by atoms with Gasteiger partial charge >= 0.3 is 0 Å². The zero-order valence-corrected chi connectivity index (χ0v) is 13.5. The van der Waals surface area contributed by atoms with E-state index in [-0.39, 0.29) is 5.60 Å². The molecular weight excluding hydrogens is 274 g/mol. The summed E-state index contributed by atoms with van der Waals surface area (Å²) in [6, 6.07) is 6.51. The lowest BCUT2D eigenvalue weighted by atomic mass is 9.62. The quantitative estimate of drug-likeness (QED) is 0.915. The van der Waals surface area contributed by atoms with Crippen molar-refractivity contribution >= 4 is 11.0 Å².